The van der Waals surface area contributed by atoms with Gasteiger partial charge in [0.15, 0.2) is 0 Å². The molecule has 3 heterocycles. The molecule has 1 atom stereocenters. The molecule has 5 rings (SSSR count). The number of anilines is 1. The Hall–Kier alpha value is -3.92. The molecule has 0 spiro atoms. The summed E-state index contributed by atoms with van der Waals surface area (Å²) < 4.78 is 3.69. The van der Waals surface area contributed by atoms with Crippen LogP contribution in [0.25, 0.3) is 17.0 Å². The van der Waals surface area contributed by atoms with Crippen LogP contribution in [0.2, 0.25) is 0 Å². The number of aryl methyl sites for hydroxylation is 2. The fourth-order valence-corrected chi connectivity index (χ4v) is 4.09. The van der Waals surface area contributed by atoms with Gasteiger partial charge in [-0.1, -0.05) is 24.3 Å². The number of amides is 1. The summed E-state index contributed by atoms with van der Waals surface area (Å²) in [6.45, 7) is 1.95. The Labute approximate surface area is 167 Å². The van der Waals surface area contributed by atoms with Gasteiger partial charge in [-0.05, 0) is 36.8 Å². The Morgan fingerprint density at radius 1 is 1.17 bits per heavy atom. The molecule has 1 aliphatic rings. The Morgan fingerprint density at radius 2 is 1.93 bits per heavy atom. The Balaban J connectivity index is 1.69. The zero-order valence-corrected chi connectivity index (χ0v) is 16.0. The largest absolute Gasteiger partial charge is 0.311 e. The van der Waals surface area contributed by atoms with Gasteiger partial charge in [-0.25, -0.2) is 4.98 Å². The van der Waals surface area contributed by atoms with Crippen molar-refractivity contribution in [3.8, 4) is 12.0 Å². The molecule has 2 aromatic carbocycles. The van der Waals surface area contributed by atoms with E-state index in [4.69, 9.17) is 15.3 Å². The van der Waals surface area contributed by atoms with Crippen LogP contribution >= 0.6 is 0 Å². The number of nitrogens with zero attached hydrogens (tertiary/aromatic N) is 5. The van der Waals surface area contributed by atoms with E-state index in [1.54, 1.807) is 16.8 Å². The number of carbonyl (C=O) groups is 1. The molecule has 7 nitrogen and oxygen atoms in total. The van der Waals surface area contributed by atoms with Crippen molar-refractivity contribution in [2.75, 3.05) is 5.32 Å². The maximum Gasteiger partial charge on any atom is 0.233 e. The summed E-state index contributed by atoms with van der Waals surface area (Å²) >= 11 is 0. The quantitative estimate of drug-likeness (QED) is 0.575. The first-order chi connectivity index (χ1) is 14.1. The molecule has 142 valence electrons. The first kappa shape index (κ1) is 17.2. The molecule has 0 saturated heterocycles. The van der Waals surface area contributed by atoms with Gasteiger partial charge in [0.2, 0.25) is 11.9 Å². The molecule has 7 heteroatoms. The lowest BCUT2D eigenvalue weighted by Crippen LogP contribution is -2.25. The maximum absolute atomic E-state index is 12.6. The number of para-hydroxylation sites is 2. The zero-order valence-electron chi connectivity index (χ0n) is 16.0. The van der Waals surface area contributed by atoms with Crippen LogP contribution < -0.4 is 5.32 Å². The van der Waals surface area contributed by atoms with Gasteiger partial charge in [0, 0.05) is 24.9 Å². The summed E-state index contributed by atoms with van der Waals surface area (Å²) in [5, 5.41) is 16.8. The number of hydrogen-bond acceptors (Lipinski definition) is 4. The van der Waals surface area contributed by atoms with Crippen LogP contribution in [0.4, 0.5) is 5.82 Å². The van der Waals surface area contributed by atoms with Crippen molar-refractivity contribution in [2.45, 2.75) is 19.3 Å². The van der Waals surface area contributed by atoms with E-state index in [1.807, 2.05) is 54.9 Å². The molecular weight excluding hydrogens is 364 g/mol. The predicted octanol–water partition coefficient (Wildman–Crippen LogP) is 3.41. The van der Waals surface area contributed by atoms with E-state index in [9.17, 15) is 4.79 Å². The second-order valence-corrected chi connectivity index (χ2v) is 7.26. The minimum absolute atomic E-state index is 0.0632. The third kappa shape index (κ3) is 2.61. The average molecular weight is 382 g/mol. The number of imidazole rings is 1. The van der Waals surface area contributed by atoms with Crippen LogP contribution in [-0.2, 0) is 11.8 Å². The van der Waals surface area contributed by atoms with E-state index in [2.05, 4.69) is 11.4 Å². The van der Waals surface area contributed by atoms with Crippen molar-refractivity contribution in [3.05, 3.63) is 70.9 Å². The first-order valence-corrected chi connectivity index (χ1v) is 9.38. The summed E-state index contributed by atoms with van der Waals surface area (Å²) in [5.74, 6) is 1.13. The number of rotatable bonds is 2. The molecule has 0 fully saturated rings. The van der Waals surface area contributed by atoms with Gasteiger partial charge in [0.25, 0.3) is 0 Å². The van der Waals surface area contributed by atoms with E-state index in [1.165, 1.54) is 0 Å². The number of aromatic nitrogens is 4. The predicted molar refractivity (Wildman–Crippen MR) is 109 cm³/mol. The van der Waals surface area contributed by atoms with Crippen LogP contribution in [-0.4, -0.2) is 25.2 Å². The highest BCUT2D eigenvalue weighted by molar-refractivity contribution is 5.95. The van der Waals surface area contributed by atoms with Crippen LogP contribution in [0.1, 0.15) is 34.7 Å². The molecule has 4 aromatic rings. The molecule has 29 heavy (non-hydrogen) atoms. The molecule has 1 N–H and O–H groups in total. The Kier molecular flexibility index (Phi) is 3.74. The Bertz CT molecular complexity index is 1310. The maximum atomic E-state index is 12.6. The number of hydrogen-bond donors (Lipinski definition) is 1. The lowest BCUT2D eigenvalue weighted by molar-refractivity contribution is -0.116. The lowest BCUT2D eigenvalue weighted by atomic mass is 9.85. The summed E-state index contributed by atoms with van der Waals surface area (Å²) in [7, 11) is 1.94. The third-order valence-electron chi connectivity index (χ3n) is 5.50. The van der Waals surface area contributed by atoms with E-state index in [0.29, 0.717) is 23.8 Å². The Morgan fingerprint density at radius 3 is 2.66 bits per heavy atom. The standard InChI is InChI=1S/C22H18N6O/c1-13-20-16(15-9-7-14(12-23)8-10-15)11-19(29)25-21(20)28(26-13)22-24-17-5-3-4-6-18(17)27(22)2/h3-10,16H,11H2,1-2H3,(H,25,29). The topological polar surface area (TPSA) is 88.5 Å². The van der Waals surface area contributed by atoms with Gasteiger partial charge in [-0.2, -0.15) is 15.0 Å². The molecule has 0 radical (unpaired) electrons. The summed E-state index contributed by atoms with van der Waals surface area (Å²) in [6, 6.07) is 17.4. The fourth-order valence-electron chi connectivity index (χ4n) is 4.09. The summed E-state index contributed by atoms with van der Waals surface area (Å²) in [5.41, 5.74) is 5.30. The average Bonchev–Trinajstić information content (AvgIpc) is 3.24. The molecule has 0 bridgehead atoms. The first-order valence-electron chi connectivity index (χ1n) is 9.38. The third-order valence-corrected chi connectivity index (χ3v) is 5.50. The normalized spacial score (nSPS) is 15.8. The molecule has 0 saturated carbocycles. The highest BCUT2D eigenvalue weighted by atomic mass is 16.1. The van der Waals surface area contributed by atoms with Gasteiger partial charge in [0.1, 0.15) is 5.82 Å². The minimum Gasteiger partial charge on any atom is -0.311 e. The van der Waals surface area contributed by atoms with E-state index in [0.717, 1.165) is 27.9 Å². The number of benzene rings is 2. The molecule has 0 aliphatic carbocycles. The van der Waals surface area contributed by atoms with Crippen molar-refractivity contribution >= 4 is 22.8 Å². The zero-order chi connectivity index (χ0) is 20.1. The van der Waals surface area contributed by atoms with Crippen molar-refractivity contribution in [1.29, 1.82) is 5.26 Å². The van der Waals surface area contributed by atoms with Crippen molar-refractivity contribution in [1.82, 2.24) is 19.3 Å². The van der Waals surface area contributed by atoms with Crippen molar-refractivity contribution in [3.63, 3.8) is 0 Å². The fraction of sp³-hybridized carbons (Fsp3) is 0.182. The van der Waals surface area contributed by atoms with Crippen molar-refractivity contribution < 1.29 is 4.79 Å². The number of nitrogens with one attached hydrogen (secondary N) is 1. The van der Waals surface area contributed by atoms with Crippen molar-refractivity contribution in [2.24, 2.45) is 7.05 Å². The highest BCUT2D eigenvalue weighted by Gasteiger charge is 2.33. The van der Waals surface area contributed by atoms with E-state index in [-0.39, 0.29) is 11.8 Å². The SMILES string of the molecule is Cc1nn(-c2nc3ccccc3n2C)c2c1C(c1ccc(C#N)cc1)CC(=O)N2. The van der Waals surface area contributed by atoms with Gasteiger partial charge in [0.05, 0.1) is 28.4 Å². The van der Waals surface area contributed by atoms with Gasteiger partial charge < -0.3 is 9.88 Å². The second-order valence-electron chi connectivity index (χ2n) is 7.26. The number of nitriles is 1. The smallest absolute Gasteiger partial charge is 0.233 e. The van der Waals surface area contributed by atoms with Crippen LogP contribution in [0.15, 0.2) is 48.5 Å². The van der Waals surface area contributed by atoms with E-state index >= 15 is 0 Å². The second kappa shape index (κ2) is 6.31. The monoisotopic (exact) mass is 382 g/mol. The molecule has 2 aromatic heterocycles. The molecular formula is C22H18N6O. The van der Waals surface area contributed by atoms with Crippen LogP contribution in [0.5, 0.6) is 0 Å². The van der Waals surface area contributed by atoms with Crippen LogP contribution in [0.3, 0.4) is 0 Å². The summed E-state index contributed by atoms with van der Waals surface area (Å²) in [6.07, 6.45) is 0.341. The number of fused-ring (bicyclic) bond motifs is 2. The van der Waals surface area contributed by atoms with Gasteiger partial charge >= 0.3 is 0 Å². The summed E-state index contributed by atoms with van der Waals surface area (Å²) in [4.78, 5) is 17.3. The van der Waals surface area contributed by atoms with Gasteiger partial charge in [-0.3, -0.25) is 4.79 Å². The van der Waals surface area contributed by atoms with Crippen LogP contribution in [0, 0.1) is 18.3 Å². The highest BCUT2D eigenvalue weighted by Crippen LogP contribution is 2.40. The molecule has 1 amide bonds. The molecule has 1 unspecified atom stereocenters. The van der Waals surface area contributed by atoms with E-state index < -0.39 is 0 Å². The lowest BCUT2D eigenvalue weighted by Gasteiger charge is -2.24. The van der Waals surface area contributed by atoms with Gasteiger partial charge in [-0.15, -0.1) is 0 Å². The minimum atomic E-state index is -0.116. The molecule has 1 aliphatic heterocycles. The number of carbonyl (C=O) groups excluding carboxylic acids is 1.